The highest BCUT2D eigenvalue weighted by molar-refractivity contribution is 6.42. The lowest BCUT2D eigenvalue weighted by molar-refractivity contribution is -0.115. The summed E-state index contributed by atoms with van der Waals surface area (Å²) in [5.41, 5.74) is 1.80. The van der Waals surface area contributed by atoms with Crippen LogP contribution in [0.4, 0.5) is 34.6 Å². The van der Waals surface area contributed by atoms with Gasteiger partial charge < -0.3 is 35.6 Å². The van der Waals surface area contributed by atoms with Crippen molar-refractivity contribution in [1.29, 1.82) is 0 Å². The zero-order chi connectivity index (χ0) is 30.6. The van der Waals surface area contributed by atoms with Gasteiger partial charge >= 0.3 is 0 Å². The summed E-state index contributed by atoms with van der Waals surface area (Å²) < 4.78 is 5.73. The maximum absolute atomic E-state index is 12.6. The second kappa shape index (κ2) is 13.5. The zero-order valence-electron chi connectivity index (χ0n) is 24.1. The van der Waals surface area contributed by atoms with Gasteiger partial charge in [0.25, 0.3) is 0 Å². The number of carbonyl (C=O) groups is 1. The molecule has 11 nitrogen and oxygen atoms in total. The molecule has 1 fully saturated rings. The summed E-state index contributed by atoms with van der Waals surface area (Å²) in [6.45, 7) is 5.02. The van der Waals surface area contributed by atoms with Crippen molar-refractivity contribution in [1.82, 2.24) is 19.9 Å². The lowest BCUT2D eigenvalue weighted by atomic mass is 9.96. The topological polar surface area (TPSA) is 128 Å². The molecule has 1 saturated heterocycles. The largest absolute Gasteiger partial charge is 0.494 e. The molecule has 1 amide bonds. The zero-order valence-corrected chi connectivity index (χ0v) is 26.4. The number of halogens is 3. The molecule has 4 N–H and O–H groups in total. The molecule has 1 aromatic heterocycles. The number of aliphatic hydroxyl groups is 1. The Morgan fingerprint density at radius 2 is 1.76 bits per heavy atom. The van der Waals surface area contributed by atoms with E-state index in [-0.39, 0.29) is 30.1 Å². The molecule has 4 rings (SSSR count). The van der Waals surface area contributed by atoms with Crippen molar-refractivity contribution < 1.29 is 14.6 Å². The Bertz CT molecular complexity index is 1430. The third-order valence-corrected chi connectivity index (χ3v) is 7.64. The number of anilines is 6. The number of alkyl halides is 1. The number of carbonyl (C=O) groups excluding carboxylic acids is 1. The molecule has 1 aliphatic heterocycles. The van der Waals surface area contributed by atoms with Crippen molar-refractivity contribution in [2.45, 2.75) is 38.3 Å². The Kier molecular flexibility index (Phi) is 10.2. The van der Waals surface area contributed by atoms with Crippen molar-refractivity contribution in [3.63, 3.8) is 0 Å². The van der Waals surface area contributed by atoms with Crippen LogP contribution < -0.4 is 25.6 Å². The van der Waals surface area contributed by atoms with Crippen LogP contribution in [0.25, 0.3) is 0 Å². The predicted octanol–water partition coefficient (Wildman–Crippen LogP) is 5.61. The van der Waals surface area contributed by atoms with Crippen LogP contribution in [-0.2, 0) is 10.4 Å². The predicted molar refractivity (Wildman–Crippen MR) is 169 cm³/mol. The first-order valence-electron chi connectivity index (χ1n) is 13.3. The van der Waals surface area contributed by atoms with E-state index in [1.54, 1.807) is 39.2 Å². The van der Waals surface area contributed by atoms with Gasteiger partial charge in [0, 0.05) is 48.7 Å². The van der Waals surface area contributed by atoms with Crippen molar-refractivity contribution in [3.8, 4) is 5.75 Å². The molecule has 0 saturated carbocycles. The average molecular weight is 638 g/mol. The van der Waals surface area contributed by atoms with Gasteiger partial charge in [-0.3, -0.25) is 4.79 Å². The molecule has 226 valence electrons. The average Bonchev–Trinajstić information content (AvgIpc) is 2.89. The second-order valence-corrected chi connectivity index (χ2v) is 11.9. The third-order valence-electron chi connectivity index (χ3n) is 6.73. The van der Waals surface area contributed by atoms with Gasteiger partial charge in [-0.1, -0.05) is 23.2 Å². The van der Waals surface area contributed by atoms with E-state index in [1.807, 2.05) is 20.2 Å². The van der Waals surface area contributed by atoms with Gasteiger partial charge in [0.15, 0.2) is 0 Å². The van der Waals surface area contributed by atoms with E-state index in [0.717, 1.165) is 25.2 Å². The number of methoxy groups -OCH3 is 1. The van der Waals surface area contributed by atoms with E-state index in [0.29, 0.717) is 44.5 Å². The van der Waals surface area contributed by atoms with Gasteiger partial charge in [-0.05, 0) is 52.6 Å². The first-order valence-corrected chi connectivity index (χ1v) is 14.6. The molecule has 3 aromatic rings. The SMILES string of the molecule is COc1cc(N2CC[C@@H]2CN(C)C)c(NC(=O)CCCl)cc1Nc1ncnc(Nc2cc(Cl)c(Cl)cc2C(C)(C)O)n1. The number of hydrogen-bond acceptors (Lipinski definition) is 10. The first-order chi connectivity index (χ1) is 19.9. The number of benzene rings is 2. The van der Waals surface area contributed by atoms with Crippen LogP contribution in [0.3, 0.4) is 0 Å². The van der Waals surface area contributed by atoms with E-state index < -0.39 is 5.60 Å². The fourth-order valence-corrected chi connectivity index (χ4v) is 5.15. The van der Waals surface area contributed by atoms with Crippen LogP contribution in [0.1, 0.15) is 32.3 Å². The minimum atomic E-state index is -1.22. The second-order valence-electron chi connectivity index (χ2n) is 10.7. The quantitative estimate of drug-likeness (QED) is 0.186. The molecule has 0 bridgehead atoms. The van der Waals surface area contributed by atoms with Gasteiger partial charge in [0.2, 0.25) is 17.8 Å². The molecule has 2 heterocycles. The summed E-state index contributed by atoms with van der Waals surface area (Å²) in [6.07, 6.45) is 2.57. The number of rotatable bonds is 12. The van der Waals surface area contributed by atoms with Crippen LogP contribution in [0, 0.1) is 0 Å². The monoisotopic (exact) mass is 636 g/mol. The lowest BCUT2D eigenvalue weighted by Gasteiger charge is -2.45. The van der Waals surface area contributed by atoms with Crippen LogP contribution in [-0.4, -0.2) is 77.1 Å². The molecule has 2 aromatic carbocycles. The van der Waals surface area contributed by atoms with Gasteiger partial charge in [0.1, 0.15) is 12.1 Å². The standard InChI is InChI=1S/C28H35Cl3N8O3/c1-28(2,41)17-10-18(30)19(31)11-20(17)35-26-32-15-33-27(37-26)36-22-12-21(34-25(40)6-8-29)23(13-24(22)42-5)39-9-7-16(39)14-38(3)4/h10-13,15-16,41H,6-9,14H2,1-5H3,(H,34,40)(H2,32,33,35,36,37)/t16-/m1/s1. The number of ether oxygens (including phenoxy) is 1. The number of nitrogens with one attached hydrogen (secondary N) is 3. The summed E-state index contributed by atoms with van der Waals surface area (Å²) >= 11 is 18.3. The molecule has 0 unspecified atom stereocenters. The summed E-state index contributed by atoms with van der Waals surface area (Å²) in [6, 6.07) is 7.20. The smallest absolute Gasteiger partial charge is 0.232 e. The number of aromatic nitrogens is 3. The highest BCUT2D eigenvalue weighted by atomic mass is 35.5. The van der Waals surface area contributed by atoms with Crippen molar-refractivity contribution in [2.24, 2.45) is 0 Å². The molecule has 1 atom stereocenters. The highest BCUT2D eigenvalue weighted by Gasteiger charge is 2.31. The summed E-state index contributed by atoms with van der Waals surface area (Å²) in [4.78, 5) is 29.9. The maximum Gasteiger partial charge on any atom is 0.232 e. The Morgan fingerprint density at radius 1 is 1.10 bits per heavy atom. The Labute approximate surface area is 260 Å². The van der Waals surface area contributed by atoms with Crippen molar-refractivity contribution in [3.05, 3.63) is 46.2 Å². The molecule has 0 radical (unpaired) electrons. The Hall–Kier alpha value is -3.09. The van der Waals surface area contributed by atoms with Crippen molar-refractivity contribution in [2.75, 3.05) is 61.0 Å². The van der Waals surface area contributed by atoms with Gasteiger partial charge in [0.05, 0.1) is 39.8 Å². The number of likely N-dealkylation sites (N-methyl/N-ethyl adjacent to an activating group) is 1. The summed E-state index contributed by atoms with van der Waals surface area (Å²) in [5, 5.41) is 20.6. The van der Waals surface area contributed by atoms with Gasteiger partial charge in [-0.15, -0.1) is 11.6 Å². The minimum absolute atomic E-state index is 0.181. The molecule has 42 heavy (non-hydrogen) atoms. The fourth-order valence-electron chi connectivity index (χ4n) is 4.66. The number of hydrogen-bond donors (Lipinski definition) is 4. The van der Waals surface area contributed by atoms with E-state index in [2.05, 4.69) is 40.7 Å². The van der Waals surface area contributed by atoms with Crippen molar-refractivity contribution >= 4 is 75.4 Å². The summed E-state index contributed by atoms with van der Waals surface area (Å²) in [7, 11) is 5.66. The summed E-state index contributed by atoms with van der Waals surface area (Å²) in [5.74, 6) is 0.984. The van der Waals surface area contributed by atoms with Gasteiger partial charge in [-0.25, -0.2) is 9.97 Å². The normalized spacial score (nSPS) is 14.9. The molecule has 1 aliphatic rings. The lowest BCUT2D eigenvalue weighted by Crippen LogP contribution is -2.53. The number of amides is 1. The van der Waals surface area contributed by atoms with Crippen LogP contribution >= 0.6 is 34.8 Å². The van der Waals surface area contributed by atoms with Gasteiger partial charge in [-0.2, -0.15) is 4.98 Å². The Morgan fingerprint density at radius 3 is 2.33 bits per heavy atom. The number of nitrogens with zero attached hydrogens (tertiary/aromatic N) is 5. The molecule has 14 heteroatoms. The van der Waals surface area contributed by atoms with Crippen LogP contribution in [0.15, 0.2) is 30.6 Å². The minimum Gasteiger partial charge on any atom is -0.494 e. The van der Waals surface area contributed by atoms with Crippen LogP contribution in [0.2, 0.25) is 10.0 Å². The Balaban J connectivity index is 1.66. The molecular weight excluding hydrogens is 603 g/mol. The maximum atomic E-state index is 12.6. The van der Waals surface area contributed by atoms with E-state index in [4.69, 9.17) is 39.5 Å². The van der Waals surface area contributed by atoms with E-state index in [1.165, 1.54) is 6.33 Å². The fraction of sp³-hybridized carbons (Fsp3) is 0.429. The molecular formula is C28H35Cl3N8O3. The third kappa shape index (κ3) is 7.64. The molecule has 0 spiro atoms. The van der Waals surface area contributed by atoms with E-state index >= 15 is 0 Å². The molecule has 0 aliphatic carbocycles. The van der Waals surface area contributed by atoms with Crippen LogP contribution in [0.5, 0.6) is 5.75 Å². The first kappa shape index (κ1) is 31.8. The highest BCUT2D eigenvalue weighted by Crippen LogP contribution is 2.42. The van der Waals surface area contributed by atoms with E-state index in [9.17, 15) is 9.90 Å².